The molecule has 3 heteroatoms. The second-order valence-corrected chi connectivity index (χ2v) is 5.63. The Morgan fingerprint density at radius 3 is 2.76 bits per heavy atom. The number of rotatable bonds is 7. The molecule has 0 bridgehead atoms. The summed E-state index contributed by atoms with van der Waals surface area (Å²) >= 11 is 1.85. The lowest BCUT2D eigenvalue weighted by molar-refractivity contribution is 0.173. The molecular formula is C14H22O2S. The Morgan fingerprint density at radius 2 is 2.12 bits per heavy atom. The van der Waals surface area contributed by atoms with Crippen LogP contribution in [0.4, 0.5) is 0 Å². The number of thioether (sulfide) groups is 1. The third-order valence-corrected chi connectivity index (χ3v) is 3.29. The maximum atomic E-state index is 10.0. The first kappa shape index (κ1) is 14.4. The molecule has 1 atom stereocenters. The molecule has 96 valence electrons. The predicted octanol–water partition coefficient (Wildman–Crippen LogP) is 3.65. The molecule has 0 saturated heterocycles. The third-order valence-electron chi connectivity index (χ3n) is 2.35. The second-order valence-electron chi connectivity index (χ2n) is 4.24. The summed E-state index contributed by atoms with van der Waals surface area (Å²) in [6, 6.07) is 7.75. The third kappa shape index (κ3) is 5.46. The van der Waals surface area contributed by atoms with Gasteiger partial charge in [-0.3, -0.25) is 0 Å². The summed E-state index contributed by atoms with van der Waals surface area (Å²) in [6.45, 7) is 6.14. The van der Waals surface area contributed by atoms with Crippen LogP contribution < -0.4 is 4.74 Å². The average molecular weight is 254 g/mol. The second kappa shape index (κ2) is 7.62. The van der Waals surface area contributed by atoms with Crippen molar-refractivity contribution in [2.75, 3.05) is 11.5 Å². The smallest absolute Gasteiger partial charge is 0.120 e. The molecule has 0 fully saturated rings. The lowest BCUT2D eigenvalue weighted by Gasteiger charge is -2.14. The normalized spacial score (nSPS) is 12.8. The van der Waals surface area contributed by atoms with E-state index in [1.54, 1.807) is 0 Å². The molecular weight excluding hydrogens is 232 g/mol. The predicted molar refractivity (Wildman–Crippen MR) is 74.8 cm³/mol. The Labute approximate surface area is 108 Å². The average Bonchev–Trinajstić information content (AvgIpc) is 2.28. The molecule has 1 N–H and O–H groups in total. The summed E-state index contributed by atoms with van der Waals surface area (Å²) in [5, 5.41) is 10.0. The minimum absolute atomic E-state index is 0.165. The van der Waals surface area contributed by atoms with Crippen molar-refractivity contribution in [2.45, 2.75) is 39.4 Å². The maximum Gasteiger partial charge on any atom is 0.120 e. The van der Waals surface area contributed by atoms with Crippen molar-refractivity contribution < 1.29 is 9.84 Å². The first-order chi connectivity index (χ1) is 8.13. The Morgan fingerprint density at radius 1 is 1.35 bits per heavy atom. The van der Waals surface area contributed by atoms with E-state index in [9.17, 15) is 5.11 Å². The zero-order valence-electron chi connectivity index (χ0n) is 10.8. The first-order valence-electron chi connectivity index (χ1n) is 6.16. The molecule has 0 heterocycles. The molecule has 1 aromatic carbocycles. The van der Waals surface area contributed by atoms with Gasteiger partial charge >= 0.3 is 0 Å². The van der Waals surface area contributed by atoms with Gasteiger partial charge in [-0.25, -0.2) is 0 Å². The highest BCUT2D eigenvalue weighted by atomic mass is 32.2. The summed E-state index contributed by atoms with van der Waals surface area (Å²) in [5.41, 5.74) is 0.944. The number of hydrogen-bond donors (Lipinski definition) is 1. The van der Waals surface area contributed by atoms with Gasteiger partial charge in [0.2, 0.25) is 0 Å². The number of benzene rings is 1. The lowest BCUT2D eigenvalue weighted by atomic mass is 10.1. The topological polar surface area (TPSA) is 29.5 Å². The van der Waals surface area contributed by atoms with Crippen LogP contribution in [-0.4, -0.2) is 22.7 Å². The molecule has 2 nitrogen and oxygen atoms in total. The molecule has 0 aliphatic rings. The Kier molecular flexibility index (Phi) is 6.45. The standard InChI is InChI=1S/C14H22O2S/c1-4-17-9-8-14(15)12-6-5-7-13(10-12)16-11(2)3/h5-7,10-11,14-15H,4,8-9H2,1-3H3. The molecule has 1 rings (SSSR count). The molecule has 0 saturated carbocycles. The fourth-order valence-electron chi connectivity index (χ4n) is 1.57. The fourth-order valence-corrected chi connectivity index (χ4v) is 2.25. The van der Waals surface area contributed by atoms with Gasteiger partial charge in [-0.2, -0.15) is 11.8 Å². The van der Waals surface area contributed by atoms with E-state index in [-0.39, 0.29) is 12.2 Å². The molecule has 0 spiro atoms. The number of ether oxygens (including phenoxy) is 1. The van der Waals surface area contributed by atoms with Gasteiger partial charge in [-0.15, -0.1) is 0 Å². The molecule has 1 unspecified atom stereocenters. The van der Waals surface area contributed by atoms with Gasteiger partial charge in [0, 0.05) is 0 Å². The Hall–Kier alpha value is -0.670. The van der Waals surface area contributed by atoms with Gasteiger partial charge in [0.1, 0.15) is 5.75 Å². The molecule has 0 amide bonds. The quantitative estimate of drug-likeness (QED) is 0.753. The van der Waals surface area contributed by atoms with Crippen LogP contribution in [0.25, 0.3) is 0 Å². The van der Waals surface area contributed by atoms with Gasteiger partial charge in [0.05, 0.1) is 12.2 Å². The van der Waals surface area contributed by atoms with E-state index in [4.69, 9.17) is 4.74 Å². The van der Waals surface area contributed by atoms with Crippen molar-refractivity contribution >= 4 is 11.8 Å². The van der Waals surface area contributed by atoms with Crippen LogP contribution in [0.15, 0.2) is 24.3 Å². The molecule has 0 aliphatic heterocycles. The van der Waals surface area contributed by atoms with E-state index in [1.165, 1.54) is 0 Å². The van der Waals surface area contributed by atoms with Crippen LogP contribution in [-0.2, 0) is 0 Å². The summed E-state index contributed by atoms with van der Waals surface area (Å²) in [4.78, 5) is 0. The highest BCUT2D eigenvalue weighted by molar-refractivity contribution is 7.99. The molecule has 0 aromatic heterocycles. The van der Waals surface area contributed by atoms with Crippen LogP contribution in [0.3, 0.4) is 0 Å². The molecule has 17 heavy (non-hydrogen) atoms. The summed E-state index contributed by atoms with van der Waals surface area (Å²) < 4.78 is 5.61. The minimum atomic E-state index is -0.384. The van der Waals surface area contributed by atoms with Crippen molar-refractivity contribution in [3.8, 4) is 5.75 Å². The zero-order valence-corrected chi connectivity index (χ0v) is 11.7. The van der Waals surface area contributed by atoms with Crippen molar-refractivity contribution in [3.05, 3.63) is 29.8 Å². The van der Waals surface area contributed by atoms with E-state index in [0.29, 0.717) is 0 Å². The summed E-state index contributed by atoms with van der Waals surface area (Å²) in [6.07, 6.45) is 0.576. The van der Waals surface area contributed by atoms with E-state index >= 15 is 0 Å². The van der Waals surface area contributed by atoms with Crippen molar-refractivity contribution in [3.63, 3.8) is 0 Å². The highest BCUT2D eigenvalue weighted by Crippen LogP contribution is 2.23. The van der Waals surface area contributed by atoms with Crippen LogP contribution in [0, 0.1) is 0 Å². The van der Waals surface area contributed by atoms with Crippen molar-refractivity contribution in [2.24, 2.45) is 0 Å². The fraction of sp³-hybridized carbons (Fsp3) is 0.571. The van der Waals surface area contributed by atoms with Crippen LogP contribution in [0.1, 0.15) is 38.9 Å². The maximum absolute atomic E-state index is 10.0. The van der Waals surface area contributed by atoms with Crippen molar-refractivity contribution in [1.82, 2.24) is 0 Å². The monoisotopic (exact) mass is 254 g/mol. The van der Waals surface area contributed by atoms with E-state index in [2.05, 4.69) is 6.92 Å². The number of aliphatic hydroxyl groups excluding tert-OH is 1. The van der Waals surface area contributed by atoms with Gasteiger partial charge in [-0.05, 0) is 49.5 Å². The number of hydrogen-bond acceptors (Lipinski definition) is 3. The van der Waals surface area contributed by atoms with E-state index < -0.39 is 0 Å². The minimum Gasteiger partial charge on any atom is -0.491 e. The van der Waals surface area contributed by atoms with Crippen molar-refractivity contribution in [1.29, 1.82) is 0 Å². The van der Waals surface area contributed by atoms with Gasteiger partial charge in [0.15, 0.2) is 0 Å². The SMILES string of the molecule is CCSCCC(O)c1cccc(OC(C)C)c1. The van der Waals surface area contributed by atoms with Gasteiger partial charge in [-0.1, -0.05) is 19.1 Å². The molecule has 0 radical (unpaired) electrons. The zero-order chi connectivity index (χ0) is 12.7. The van der Waals surface area contributed by atoms with E-state index in [1.807, 2.05) is 49.9 Å². The molecule has 0 aliphatic carbocycles. The Bertz CT molecular complexity index is 326. The largest absolute Gasteiger partial charge is 0.491 e. The number of aliphatic hydroxyl groups is 1. The lowest BCUT2D eigenvalue weighted by Crippen LogP contribution is -2.06. The first-order valence-corrected chi connectivity index (χ1v) is 7.31. The Balaban J connectivity index is 2.57. The summed E-state index contributed by atoms with van der Waals surface area (Å²) in [5.74, 6) is 2.93. The highest BCUT2D eigenvalue weighted by Gasteiger charge is 2.08. The van der Waals surface area contributed by atoms with Crippen LogP contribution in [0.2, 0.25) is 0 Å². The van der Waals surface area contributed by atoms with Crippen LogP contribution in [0.5, 0.6) is 5.75 Å². The van der Waals surface area contributed by atoms with E-state index in [0.717, 1.165) is 29.2 Å². The van der Waals surface area contributed by atoms with Gasteiger partial charge in [0.25, 0.3) is 0 Å². The molecule has 1 aromatic rings. The van der Waals surface area contributed by atoms with Gasteiger partial charge < -0.3 is 9.84 Å². The van der Waals surface area contributed by atoms with Crippen LogP contribution >= 0.6 is 11.8 Å². The summed E-state index contributed by atoms with van der Waals surface area (Å²) in [7, 11) is 0.